The predicted octanol–water partition coefficient (Wildman–Crippen LogP) is 6.35. The largest absolute Gasteiger partial charge is 0.465 e. The lowest BCUT2D eigenvalue weighted by Gasteiger charge is -2.03. The van der Waals surface area contributed by atoms with E-state index in [1.165, 1.54) is 23.8 Å². The highest BCUT2D eigenvalue weighted by Gasteiger charge is 2.03. The Morgan fingerprint density at radius 3 is 2.08 bits per heavy atom. The van der Waals surface area contributed by atoms with Crippen LogP contribution in [0.15, 0.2) is 53.1 Å². The summed E-state index contributed by atoms with van der Waals surface area (Å²) in [4.78, 5) is 11.4. The molecular weight excluding hydrogens is 296 g/mol. The van der Waals surface area contributed by atoms with Crippen molar-refractivity contribution in [2.24, 2.45) is 0 Å². The van der Waals surface area contributed by atoms with Crippen LogP contribution >= 0.6 is 0 Å². The Kier molecular flexibility index (Phi) is 8.85. The lowest BCUT2D eigenvalue weighted by Crippen LogP contribution is -2.00. The molecule has 0 aromatic heterocycles. The normalized spacial score (nSPS) is 12.0. The molecule has 130 valence electrons. The summed E-state index contributed by atoms with van der Waals surface area (Å²) in [6, 6.07) is 7.52. The van der Waals surface area contributed by atoms with Gasteiger partial charge in [-0.2, -0.15) is 0 Å². The van der Waals surface area contributed by atoms with E-state index < -0.39 is 0 Å². The number of carbonyl (C=O) groups is 1. The first-order valence-electron chi connectivity index (χ1n) is 8.57. The van der Waals surface area contributed by atoms with Crippen LogP contribution in [0.4, 0.5) is 0 Å². The van der Waals surface area contributed by atoms with Crippen LogP contribution in [0.5, 0.6) is 0 Å². The molecule has 0 fully saturated rings. The summed E-state index contributed by atoms with van der Waals surface area (Å²) in [6.45, 7) is 8.65. The fourth-order valence-corrected chi connectivity index (χ4v) is 2.43. The van der Waals surface area contributed by atoms with Crippen molar-refractivity contribution < 1.29 is 9.53 Å². The van der Waals surface area contributed by atoms with Crippen molar-refractivity contribution in [3.05, 3.63) is 64.3 Å². The maximum absolute atomic E-state index is 11.4. The Morgan fingerprint density at radius 2 is 1.50 bits per heavy atom. The summed E-state index contributed by atoms with van der Waals surface area (Å²) in [7, 11) is 1.40. The van der Waals surface area contributed by atoms with Gasteiger partial charge in [0.05, 0.1) is 12.7 Å². The van der Waals surface area contributed by atoms with E-state index in [1.54, 1.807) is 12.1 Å². The van der Waals surface area contributed by atoms with E-state index in [1.807, 2.05) is 12.1 Å². The third-order valence-corrected chi connectivity index (χ3v) is 3.87. The van der Waals surface area contributed by atoms with Gasteiger partial charge in [-0.3, -0.25) is 0 Å². The van der Waals surface area contributed by atoms with Crippen LogP contribution in [0.1, 0.15) is 69.3 Å². The zero-order chi connectivity index (χ0) is 17.9. The summed E-state index contributed by atoms with van der Waals surface area (Å²) < 4.78 is 4.71. The molecule has 0 saturated heterocycles. The molecule has 1 aromatic carbocycles. The second-order valence-corrected chi connectivity index (χ2v) is 6.51. The van der Waals surface area contributed by atoms with Crippen molar-refractivity contribution in [3.8, 4) is 0 Å². The van der Waals surface area contributed by atoms with Gasteiger partial charge in [0.15, 0.2) is 0 Å². The summed E-state index contributed by atoms with van der Waals surface area (Å²) in [6.07, 6.45) is 11.2. The van der Waals surface area contributed by atoms with E-state index >= 15 is 0 Å². The third-order valence-electron chi connectivity index (χ3n) is 3.87. The maximum atomic E-state index is 11.4. The summed E-state index contributed by atoms with van der Waals surface area (Å²) in [5.74, 6) is -0.295. The van der Waals surface area contributed by atoms with Gasteiger partial charge in [-0.15, -0.1) is 0 Å². The highest BCUT2D eigenvalue weighted by molar-refractivity contribution is 5.89. The topological polar surface area (TPSA) is 26.3 Å². The van der Waals surface area contributed by atoms with Gasteiger partial charge in [0.2, 0.25) is 0 Å². The fraction of sp³-hybridized carbons (Fsp3) is 0.409. The van der Waals surface area contributed by atoms with Crippen molar-refractivity contribution in [1.29, 1.82) is 0 Å². The van der Waals surface area contributed by atoms with Gasteiger partial charge >= 0.3 is 5.97 Å². The number of hydrogen-bond acceptors (Lipinski definition) is 2. The summed E-state index contributed by atoms with van der Waals surface area (Å²) >= 11 is 0. The van der Waals surface area contributed by atoms with Crippen LogP contribution < -0.4 is 0 Å². The van der Waals surface area contributed by atoms with Gasteiger partial charge < -0.3 is 4.74 Å². The number of ether oxygens (including phenoxy) is 1. The highest BCUT2D eigenvalue weighted by Crippen LogP contribution is 2.15. The molecule has 0 amide bonds. The lowest BCUT2D eigenvalue weighted by atomic mass is 10.0. The van der Waals surface area contributed by atoms with Crippen LogP contribution in [0, 0.1) is 0 Å². The van der Waals surface area contributed by atoms with Crippen LogP contribution in [-0.2, 0) is 4.74 Å². The third kappa shape index (κ3) is 7.96. The van der Waals surface area contributed by atoms with Crippen LogP contribution in [0.25, 0.3) is 6.08 Å². The van der Waals surface area contributed by atoms with E-state index in [2.05, 4.69) is 45.9 Å². The average Bonchev–Trinajstić information content (AvgIpc) is 2.54. The number of esters is 1. The van der Waals surface area contributed by atoms with Crippen molar-refractivity contribution in [2.45, 2.75) is 53.4 Å². The predicted molar refractivity (Wildman–Crippen MR) is 103 cm³/mol. The molecule has 0 aliphatic rings. The Labute approximate surface area is 146 Å². The smallest absolute Gasteiger partial charge is 0.337 e. The standard InChI is InChI=1S/C22H30O2/c1-17(2)8-6-9-18(3)10-7-11-19(4)16-20-12-14-21(15-13-20)22(23)24-5/h8,10,12-16H,6-7,9,11H2,1-5H3/b18-10+,19-16+. The van der Waals surface area contributed by atoms with Gasteiger partial charge in [-0.1, -0.05) is 47.1 Å². The molecule has 0 atom stereocenters. The molecule has 0 unspecified atom stereocenters. The van der Waals surface area contributed by atoms with E-state index in [0.717, 1.165) is 31.2 Å². The molecular formula is C22H30O2. The van der Waals surface area contributed by atoms with Gasteiger partial charge in [0.1, 0.15) is 0 Å². The number of rotatable bonds is 8. The highest BCUT2D eigenvalue weighted by atomic mass is 16.5. The van der Waals surface area contributed by atoms with Gasteiger partial charge in [-0.05, 0) is 71.1 Å². The quantitative estimate of drug-likeness (QED) is 0.411. The minimum absolute atomic E-state index is 0.295. The molecule has 1 aromatic rings. The molecule has 0 heterocycles. The van der Waals surface area contributed by atoms with Crippen LogP contribution in [0.2, 0.25) is 0 Å². The zero-order valence-electron chi connectivity index (χ0n) is 15.7. The average molecular weight is 326 g/mol. The Balaban J connectivity index is 2.49. The van der Waals surface area contributed by atoms with E-state index in [9.17, 15) is 4.79 Å². The Morgan fingerprint density at radius 1 is 0.917 bits per heavy atom. The van der Waals surface area contributed by atoms with Crippen molar-refractivity contribution >= 4 is 12.0 Å². The second-order valence-electron chi connectivity index (χ2n) is 6.51. The molecule has 0 radical (unpaired) electrons. The number of hydrogen-bond donors (Lipinski definition) is 0. The molecule has 0 spiro atoms. The number of benzene rings is 1. The van der Waals surface area contributed by atoms with E-state index in [4.69, 9.17) is 4.74 Å². The molecule has 2 nitrogen and oxygen atoms in total. The van der Waals surface area contributed by atoms with Crippen LogP contribution in [0.3, 0.4) is 0 Å². The van der Waals surface area contributed by atoms with Crippen LogP contribution in [-0.4, -0.2) is 13.1 Å². The molecule has 0 N–H and O–H groups in total. The van der Waals surface area contributed by atoms with Crippen molar-refractivity contribution in [2.75, 3.05) is 7.11 Å². The SMILES string of the molecule is COC(=O)c1ccc(/C=C(\C)CC/C=C(\C)CCC=C(C)C)cc1. The molecule has 0 bridgehead atoms. The molecule has 0 aliphatic carbocycles. The first-order chi connectivity index (χ1) is 11.4. The lowest BCUT2D eigenvalue weighted by molar-refractivity contribution is 0.0600. The van der Waals surface area contributed by atoms with Gasteiger partial charge in [0.25, 0.3) is 0 Å². The number of methoxy groups -OCH3 is 1. The first kappa shape index (κ1) is 20.0. The Hall–Kier alpha value is -2.09. The summed E-state index contributed by atoms with van der Waals surface area (Å²) in [5, 5.41) is 0. The monoisotopic (exact) mass is 326 g/mol. The molecule has 0 aliphatic heterocycles. The summed E-state index contributed by atoms with van der Waals surface area (Å²) in [5.41, 5.74) is 5.89. The van der Waals surface area contributed by atoms with Gasteiger partial charge in [0, 0.05) is 0 Å². The minimum atomic E-state index is -0.295. The minimum Gasteiger partial charge on any atom is -0.465 e. The second kappa shape index (κ2) is 10.6. The van der Waals surface area contributed by atoms with Crippen molar-refractivity contribution in [3.63, 3.8) is 0 Å². The number of allylic oxidation sites excluding steroid dienone is 5. The molecule has 1 rings (SSSR count). The van der Waals surface area contributed by atoms with Crippen molar-refractivity contribution in [1.82, 2.24) is 0 Å². The molecule has 0 saturated carbocycles. The molecule has 2 heteroatoms. The zero-order valence-corrected chi connectivity index (χ0v) is 15.7. The van der Waals surface area contributed by atoms with Gasteiger partial charge in [-0.25, -0.2) is 4.79 Å². The van der Waals surface area contributed by atoms with E-state index in [0.29, 0.717) is 5.56 Å². The first-order valence-corrected chi connectivity index (χ1v) is 8.57. The Bertz CT molecular complexity index is 612. The maximum Gasteiger partial charge on any atom is 0.337 e. The van der Waals surface area contributed by atoms with E-state index in [-0.39, 0.29) is 5.97 Å². The molecule has 24 heavy (non-hydrogen) atoms. The fourth-order valence-electron chi connectivity index (χ4n) is 2.43. The number of carbonyl (C=O) groups excluding carboxylic acids is 1.